The molecule has 1 heterocycles. The fourth-order valence-electron chi connectivity index (χ4n) is 1.14. The normalized spacial score (nSPS) is 49.2. The van der Waals surface area contributed by atoms with Crippen LogP contribution in [0.3, 0.4) is 0 Å². The summed E-state index contributed by atoms with van der Waals surface area (Å²) in [6, 6.07) is 0. The van der Waals surface area contributed by atoms with Crippen LogP contribution in [-0.2, 0) is 9.47 Å². The van der Waals surface area contributed by atoms with Crippen LogP contribution in [0.4, 0.5) is 0 Å². The van der Waals surface area contributed by atoms with Gasteiger partial charge in [-0.3, -0.25) is 0 Å². The summed E-state index contributed by atoms with van der Waals surface area (Å²) < 4.78 is 9.61. The summed E-state index contributed by atoms with van der Waals surface area (Å²) >= 11 is 0. The number of aliphatic hydroxyl groups is 3. The SMILES string of the molecule is CO[C@]1(O)CO[C@@H](C)C(O)C1O. The molecule has 0 aromatic rings. The van der Waals surface area contributed by atoms with Gasteiger partial charge < -0.3 is 24.8 Å². The Morgan fingerprint density at radius 1 is 1.50 bits per heavy atom. The monoisotopic (exact) mass is 178 g/mol. The van der Waals surface area contributed by atoms with Crippen molar-refractivity contribution in [2.24, 2.45) is 0 Å². The van der Waals surface area contributed by atoms with E-state index < -0.39 is 24.1 Å². The maximum absolute atomic E-state index is 9.48. The predicted molar refractivity (Wildman–Crippen MR) is 39.4 cm³/mol. The summed E-state index contributed by atoms with van der Waals surface area (Å²) in [4.78, 5) is 0. The van der Waals surface area contributed by atoms with Gasteiger partial charge in [-0.2, -0.15) is 0 Å². The summed E-state index contributed by atoms with van der Waals surface area (Å²) in [6.45, 7) is 1.48. The number of rotatable bonds is 1. The molecule has 0 bridgehead atoms. The van der Waals surface area contributed by atoms with Crippen molar-refractivity contribution in [3.05, 3.63) is 0 Å². The van der Waals surface area contributed by atoms with Crippen LogP contribution in [0.2, 0.25) is 0 Å². The molecule has 0 radical (unpaired) electrons. The molecule has 5 heteroatoms. The van der Waals surface area contributed by atoms with Gasteiger partial charge in [-0.1, -0.05) is 0 Å². The molecule has 3 N–H and O–H groups in total. The van der Waals surface area contributed by atoms with E-state index in [9.17, 15) is 15.3 Å². The van der Waals surface area contributed by atoms with E-state index in [1.165, 1.54) is 7.11 Å². The Bertz CT molecular complexity index is 162. The molecule has 4 atom stereocenters. The third kappa shape index (κ3) is 1.46. The lowest BCUT2D eigenvalue weighted by atomic mass is 9.98. The van der Waals surface area contributed by atoms with Gasteiger partial charge in [0.15, 0.2) is 0 Å². The minimum atomic E-state index is -1.79. The highest BCUT2D eigenvalue weighted by atomic mass is 16.7. The lowest BCUT2D eigenvalue weighted by molar-refractivity contribution is -0.324. The number of aliphatic hydroxyl groups excluding tert-OH is 2. The average Bonchev–Trinajstić information content (AvgIpc) is 2.09. The molecule has 0 aromatic heterocycles. The maximum atomic E-state index is 9.48. The summed E-state index contributed by atoms with van der Waals surface area (Å²) in [7, 11) is 1.25. The molecular formula is C7H14O5. The molecule has 1 aliphatic rings. The Balaban J connectivity index is 2.71. The lowest BCUT2D eigenvalue weighted by Gasteiger charge is -2.40. The van der Waals surface area contributed by atoms with Gasteiger partial charge >= 0.3 is 0 Å². The molecule has 12 heavy (non-hydrogen) atoms. The van der Waals surface area contributed by atoms with E-state index in [1.807, 2.05) is 0 Å². The van der Waals surface area contributed by atoms with Gasteiger partial charge in [0.05, 0.1) is 6.10 Å². The molecule has 1 saturated heterocycles. The van der Waals surface area contributed by atoms with E-state index in [4.69, 9.17) is 4.74 Å². The van der Waals surface area contributed by atoms with Gasteiger partial charge in [0.2, 0.25) is 5.79 Å². The number of ether oxygens (including phenoxy) is 2. The van der Waals surface area contributed by atoms with Crippen LogP contribution in [0.25, 0.3) is 0 Å². The Hall–Kier alpha value is -0.200. The number of methoxy groups -OCH3 is 1. The molecule has 5 nitrogen and oxygen atoms in total. The second-order valence-corrected chi connectivity index (χ2v) is 3.00. The summed E-state index contributed by atoms with van der Waals surface area (Å²) in [6.07, 6.45) is -2.94. The van der Waals surface area contributed by atoms with E-state index >= 15 is 0 Å². The van der Waals surface area contributed by atoms with Crippen molar-refractivity contribution in [2.75, 3.05) is 13.7 Å². The smallest absolute Gasteiger partial charge is 0.218 e. The molecule has 0 saturated carbocycles. The van der Waals surface area contributed by atoms with Crippen molar-refractivity contribution in [1.29, 1.82) is 0 Å². The lowest BCUT2D eigenvalue weighted by Crippen LogP contribution is -2.61. The average molecular weight is 178 g/mol. The zero-order chi connectivity index (χ0) is 9.35. The van der Waals surface area contributed by atoms with E-state index in [0.717, 1.165) is 0 Å². The van der Waals surface area contributed by atoms with Crippen LogP contribution < -0.4 is 0 Å². The first-order valence-electron chi connectivity index (χ1n) is 3.76. The van der Waals surface area contributed by atoms with Crippen LogP contribution >= 0.6 is 0 Å². The first kappa shape index (κ1) is 9.88. The molecule has 0 amide bonds. The summed E-state index contributed by atoms with van der Waals surface area (Å²) in [5.74, 6) is -1.79. The van der Waals surface area contributed by atoms with Crippen LogP contribution in [0.5, 0.6) is 0 Å². The van der Waals surface area contributed by atoms with Crippen molar-refractivity contribution < 1.29 is 24.8 Å². The highest BCUT2D eigenvalue weighted by Gasteiger charge is 2.47. The van der Waals surface area contributed by atoms with Crippen molar-refractivity contribution in [3.63, 3.8) is 0 Å². The van der Waals surface area contributed by atoms with Crippen LogP contribution in [0, 0.1) is 0 Å². The number of hydrogen-bond donors (Lipinski definition) is 3. The second kappa shape index (κ2) is 3.27. The Morgan fingerprint density at radius 3 is 2.58 bits per heavy atom. The maximum Gasteiger partial charge on any atom is 0.218 e. The largest absolute Gasteiger partial charge is 0.387 e. The van der Waals surface area contributed by atoms with Crippen LogP contribution in [0.15, 0.2) is 0 Å². The minimum absolute atomic E-state index is 0.136. The third-order valence-electron chi connectivity index (χ3n) is 2.17. The van der Waals surface area contributed by atoms with Gasteiger partial charge in [-0.25, -0.2) is 0 Å². The zero-order valence-electron chi connectivity index (χ0n) is 7.10. The molecule has 0 aliphatic carbocycles. The van der Waals surface area contributed by atoms with Gasteiger partial charge in [0.25, 0.3) is 0 Å². The van der Waals surface area contributed by atoms with Gasteiger partial charge in [0.1, 0.15) is 18.8 Å². The van der Waals surface area contributed by atoms with Crippen molar-refractivity contribution in [3.8, 4) is 0 Å². The molecule has 2 unspecified atom stereocenters. The second-order valence-electron chi connectivity index (χ2n) is 3.00. The van der Waals surface area contributed by atoms with Gasteiger partial charge in [0, 0.05) is 7.11 Å². The van der Waals surface area contributed by atoms with Gasteiger partial charge in [-0.05, 0) is 6.92 Å². The molecule has 72 valence electrons. The van der Waals surface area contributed by atoms with E-state index in [2.05, 4.69) is 4.74 Å². The predicted octanol–water partition coefficient (Wildman–Crippen LogP) is -1.54. The highest BCUT2D eigenvalue weighted by Crippen LogP contribution is 2.24. The summed E-state index contributed by atoms with van der Waals surface area (Å²) in [5, 5.41) is 28.1. The summed E-state index contributed by atoms with van der Waals surface area (Å²) in [5.41, 5.74) is 0. The number of hydrogen-bond acceptors (Lipinski definition) is 5. The first-order chi connectivity index (χ1) is 5.51. The van der Waals surface area contributed by atoms with Crippen LogP contribution in [0.1, 0.15) is 6.92 Å². The van der Waals surface area contributed by atoms with E-state index in [-0.39, 0.29) is 6.61 Å². The molecular weight excluding hydrogens is 164 g/mol. The van der Waals surface area contributed by atoms with Crippen molar-refractivity contribution >= 4 is 0 Å². The molecule has 0 spiro atoms. The zero-order valence-corrected chi connectivity index (χ0v) is 7.10. The fourth-order valence-corrected chi connectivity index (χ4v) is 1.14. The molecule has 0 aromatic carbocycles. The highest BCUT2D eigenvalue weighted by molar-refractivity contribution is 4.90. The fraction of sp³-hybridized carbons (Fsp3) is 1.00. The Labute approximate surface area is 70.5 Å². The Morgan fingerprint density at radius 2 is 2.08 bits per heavy atom. The topological polar surface area (TPSA) is 79.2 Å². The molecule has 1 aliphatic heterocycles. The quantitative estimate of drug-likeness (QED) is 0.424. The van der Waals surface area contributed by atoms with Crippen LogP contribution in [-0.4, -0.2) is 53.1 Å². The van der Waals surface area contributed by atoms with Crippen molar-refractivity contribution in [2.45, 2.75) is 31.0 Å². The van der Waals surface area contributed by atoms with E-state index in [0.29, 0.717) is 0 Å². The first-order valence-corrected chi connectivity index (χ1v) is 3.76. The standard InChI is InChI=1S/C7H14O5/c1-4-5(8)6(9)7(10,11-2)3-12-4/h4-6,8-10H,3H2,1-2H3/t4-,5?,6?,7+/m0/s1. The minimum Gasteiger partial charge on any atom is -0.387 e. The van der Waals surface area contributed by atoms with Gasteiger partial charge in [-0.15, -0.1) is 0 Å². The molecule has 1 rings (SSSR count). The van der Waals surface area contributed by atoms with E-state index in [1.54, 1.807) is 6.92 Å². The third-order valence-corrected chi connectivity index (χ3v) is 2.17. The Kier molecular flexibility index (Phi) is 2.70. The van der Waals surface area contributed by atoms with Crippen molar-refractivity contribution in [1.82, 2.24) is 0 Å². The molecule has 1 fully saturated rings.